The van der Waals surface area contributed by atoms with E-state index in [1.165, 1.54) is 12.1 Å². The number of anilines is 1. The maximum absolute atomic E-state index is 11.3. The van der Waals surface area contributed by atoms with Crippen LogP contribution >= 0.6 is 11.6 Å². The van der Waals surface area contributed by atoms with Gasteiger partial charge in [0.1, 0.15) is 5.75 Å². The summed E-state index contributed by atoms with van der Waals surface area (Å²) in [7, 11) is -3.22. The summed E-state index contributed by atoms with van der Waals surface area (Å²) >= 11 is 5.98. The molecular formula is C13H12ClNO3S. The normalized spacial score (nSPS) is 11.3. The van der Waals surface area contributed by atoms with Gasteiger partial charge in [-0.25, -0.2) is 8.42 Å². The second kappa shape index (κ2) is 5.11. The molecule has 2 N–H and O–H groups in total. The summed E-state index contributed by atoms with van der Waals surface area (Å²) in [6, 6.07) is 11.1. The summed E-state index contributed by atoms with van der Waals surface area (Å²) in [5.41, 5.74) is 6.18. The largest absolute Gasteiger partial charge is 0.454 e. The summed E-state index contributed by atoms with van der Waals surface area (Å²) in [5, 5.41) is 0.396. The minimum absolute atomic E-state index is 0.229. The average Bonchev–Trinajstić information content (AvgIpc) is 2.33. The standard InChI is InChI=1S/C13H12ClNO3S/c1-19(16,17)10-7-5-9(6-8-10)18-13-11(14)3-2-4-12(13)15/h2-8H,15H2,1H3. The van der Waals surface area contributed by atoms with E-state index in [0.29, 0.717) is 22.2 Å². The molecular weight excluding hydrogens is 286 g/mol. The highest BCUT2D eigenvalue weighted by atomic mass is 35.5. The maximum atomic E-state index is 11.3. The Labute approximate surface area is 116 Å². The van der Waals surface area contributed by atoms with Gasteiger partial charge in [0.25, 0.3) is 0 Å². The number of nitrogen functional groups attached to an aromatic ring is 1. The van der Waals surface area contributed by atoms with Gasteiger partial charge in [-0.2, -0.15) is 0 Å². The van der Waals surface area contributed by atoms with Gasteiger partial charge in [0.05, 0.1) is 15.6 Å². The Bertz CT molecular complexity index is 676. The van der Waals surface area contributed by atoms with Crippen LogP contribution < -0.4 is 10.5 Å². The van der Waals surface area contributed by atoms with Gasteiger partial charge in [-0.15, -0.1) is 0 Å². The first-order valence-corrected chi connectivity index (χ1v) is 7.67. The third kappa shape index (κ3) is 3.19. The van der Waals surface area contributed by atoms with Crippen LogP contribution in [0.15, 0.2) is 47.4 Å². The molecule has 0 aromatic heterocycles. The van der Waals surface area contributed by atoms with E-state index in [0.717, 1.165) is 6.26 Å². The van der Waals surface area contributed by atoms with Crippen molar-refractivity contribution in [3.63, 3.8) is 0 Å². The quantitative estimate of drug-likeness (QED) is 0.884. The highest BCUT2D eigenvalue weighted by molar-refractivity contribution is 7.90. The Morgan fingerprint density at radius 2 is 1.74 bits per heavy atom. The van der Waals surface area contributed by atoms with Crippen LogP contribution in [0.1, 0.15) is 0 Å². The van der Waals surface area contributed by atoms with Crippen molar-refractivity contribution in [2.75, 3.05) is 12.0 Å². The molecule has 2 aromatic rings. The molecule has 0 radical (unpaired) electrons. The van der Waals surface area contributed by atoms with Gasteiger partial charge >= 0.3 is 0 Å². The van der Waals surface area contributed by atoms with Crippen LogP contribution in [-0.4, -0.2) is 14.7 Å². The van der Waals surface area contributed by atoms with Gasteiger partial charge in [-0.3, -0.25) is 0 Å². The molecule has 0 unspecified atom stereocenters. The summed E-state index contributed by atoms with van der Waals surface area (Å²) in [6.45, 7) is 0. The van der Waals surface area contributed by atoms with E-state index < -0.39 is 9.84 Å². The molecule has 0 saturated heterocycles. The maximum Gasteiger partial charge on any atom is 0.175 e. The predicted octanol–water partition coefficient (Wildman–Crippen LogP) is 3.12. The van der Waals surface area contributed by atoms with Gasteiger partial charge < -0.3 is 10.5 Å². The summed E-state index contributed by atoms with van der Waals surface area (Å²) in [6.07, 6.45) is 1.15. The van der Waals surface area contributed by atoms with E-state index in [2.05, 4.69) is 0 Å². The molecule has 4 nitrogen and oxygen atoms in total. The van der Waals surface area contributed by atoms with E-state index in [4.69, 9.17) is 22.1 Å². The van der Waals surface area contributed by atoms with Crippen LogP contribution in [0.4, 0.5) is 5.69 Å². The number of sulfone groups is 1. The third-order valence-corrected chi connectivity index (χ3v) is 3.90. The van der Waals surface area contributed by atoms with Gasteiger partial charge in [-0.1, -0.05) is 17.7 Å². The zero-order chi connectivity index (χ0) is 14.0. The van der Waals surface area contributed by atoms with Crippen molar-refractivity contribution in [3.8, 4) is 11.5 Å². The number of rotatable bonds is 3. The fraction of sp³-hybridized carbons (Fsp3) is 0.0769. The second-order valence-electron chi connectivity index (χ2n) is 4.00. The molecule has 0 saturated carbocycles. The first-order valence-electron chi connectivity index (χ1n) is 5.40. The zero-order valence-electron chi connectivity index (χ0n) is 10.1. The Hall–Kier alpha value is -1.72. The number of ether oxygens (including phenoxy) is 1. The molecule has 2 rings (SSSR count). The molecule has 2 aromatic carbocycles. The van der Waals surface area contributed by atoms with Crippen LogP contribution in [0.5, 0.6) is 11.5 Å². The van der Waals surface area contributed by atoms with Crippen LogP contribution in [-0.2, 0) is 9.84 Å². The molecule has 0 amide bonds. The van der Waals surface area contributed by atoms with Crippen molar-refractivity contribution in [1.82, 2.24) is 0 Å². The smallest absolute Gasteiger partial charge is 0.175 e. The minimum atomic E-state index is -3.22. The van der Waals surface area contributed by atoms with Gasteiger partial charge in [0.15, 0.2) is 15.6 Å². The first-order chi connectivity index (χ1) is 8.88. The van der Waals surface area contributed by atoms with Crippen LogP contribution in [0.2, 0.25) is 5.02 Å². The van der Waals surface area contributed by atoms with E-state index in [-0.39, 0.29) is 4.90 Å². The van der Waals surface area contributed by atoms with E-state index in [1.54, 1.807) is 30.3 Å². The van der Waals surface area contributed by atoms with Crippen molar-refractivity contribution in [2.24, 2.45) is 0 Å². The van der Waals surface area contributed by atoms with E-state index >= 15 is 0 Å². The Morgan fingerprint density at radius 3 is 2.26 bits per heavy atom. The molecule has 0 spiro atoms. The SMILES string of the molecule is CS(=O)(=O)c1ccc(Oc2c(N)cccc2Cl)cc1. The molecule has 0 bridgehead atoms. The Balaban J connectivity index is 2.30. The first kappa shape index (κ1) is 13.7. The molecule has 19 heavy (non-hydrogen) atoms. The molecule has 100 valence electrons. The second-order valence-corrected chi connectivity index (χ2v) is 6.43. The average molecular weight is 298 g/mol. The van der Waals surface area contributed by atoms with E-state index in [1.807, 2.05) is 0 Å². The van der Waals surface area contributed by atoms with Crippen molar-refractivity contribution in [3.05, 3.63) is 47.5 Å². The lowest BCUT2D eigenvalue weighted by molar-refractivity contribution is 0.485. The molecule has 0 aliphatic rings. The topological polar surface area (TPSA) is 69.4 Å². The summed E-state index contributed by atoms with van der Waals surface area (Å²) < 4.78 is 28.2. The minimum Gasteiger partial charge on any atom is -0.454 e. The lowest BCUT2D eigenvalue weighted by atomic mass is 10.3. The van der Waals surface area contributed by atoms with Gasteiger partial charge in [0.2, 0.25) is 0 Å². The van der Waals surface area contributed by atoms with Crippen molar-refractivity contribution >= 4 is 27.1 Å². The number of hydrogen-bond donors (Lipinski definition) is 1. The number of nitrogens with two attached hydrogens (primary N) is 1. The third-order valence-electron chi connectivity index (χ3n) is 2.47. The van der Waals surface area contributed by atoms with Gasteiger partial charge in [-0.05, 0) is 36.4 Å². The monoisotopic (exact) mass is 297 g/mol. The van der Waals surface area contributed by atoms with E-state index in [9.17, 15) is 8.42 Å². The highest BCUT2D eigenvalue weighted by Crippen LogP contribution is 2.34. The molecule has 0 fully saturated rings. The lowest BCUT2D eigenvalue weighted by Crippen LogP contribution is -1.97. The molecule has 6 heteroatoms. The molecule has 0 heterocycles. The Morgan fingerprint density at radius 1 is 1.11 bits per heavy atom. The molecule has 0 aliphatic heterocycles. The number of benzene rings is 2. The summed E-state index contributed by atoms with van der Waals surface area (Å²) in [5.74, 6) is 0.823. The van der Waals surface area contributed by atoms with Gasteiger partial charge in [0, 0.05) is 6.26 Å². The fourth-order valence-corrected chi connectivity index (χ4v) is 2.36. The Kier molecular flexibility index (Phi) is 3.68. The predicted molar refractivity (Wildman–Crippen MR) is 75.5 cm³/mol. The van der Waals surface area contributed by atoms with Crippen molar-refractivity contribution in [2.45, 2.75) is 4.90 Å². The highest BCUT2D eigenvalue weighted by Gasteiger charge is 2.09. The molecule has 0 atom stereocenters. The van der Waals surface area contributed by atoms with Crippen LogP contribution in [0.25, 0.3) is 0 Å². The number of halogens is 1. The van der Waals surface area contributed by atoms with Crippen molar-refractivity contribution < 1.29 is 13.2 Å². The van der Waals surface area contributed by atoms with Crippen LogP contribution in [0.3, 0.4) is 0 Å². The van der Waals surface area contributed by atoms with Crippen LogP contribution in [0, 0.1) is 0 Å². The number of para-hydroxylation sites is 1. The number of hydrogen-bond acceptors (Lipinski definition) is 4. The molecule has 0 aliphatic carbocycles. The summed E-state index contributed by atoms with van der Waals surface area (Å²) in [4.78, 5) is 0.229. The fourth-order valence-electron chi connectivity index (χ4n) is 1.51. The lowest BCUT2D eigenvalue weighted by Gasteiger charge is -2.10. The van der Waals surface area contributed by atoms with Crippen molar-refractivity contribution in [1.29, 1.82) is 0 Å². The zero-order valence-corrected chi connectivity index (χ0v) is 11.7.